The second-order valence-electron chi connectivity index (χ2n) is 7.14. The largest absolute Gasteiger partial charge is 0.325 e. The first-order chi connectivity index (χ1) is 8.42. The quantitative estimate of drug-likeness (QED) is 0.837. The maximum absolute atomic E-state index is 12.4. The summed E-state index contributed by atoms with van der Waals surface area (Å²) in [6.45, 7) is 9.61. The molecular weight excluding hydrogens is 224 g/mol. The molecule has 0 aromatic heterocycles. The molecule has 3 nitrogen and oxygen atoms in total. The van der Waals surface area contributed by atoms with Gasteiger partial charge in [0.1, 0.15) is 0 Å². The molecule has 2 aliphatic rings. The summed E-state index contributed by atoms with van der Waals surface area (Å²) in [6, 6.07) is 0.0537. The molecule has 18 heavy (non-hydrogen) atoms. The van der Waals surface area contributed by atoms with Crippen LogP contribution in [0, 0.1) is 11.3 Å². The van der Waals surface area contributed by atoms with Gasteiger partial charge >= 0.3 is 0 Å². The van der Waals surface area contributed by atoms with Gasteiger partial charge in [0.25, 0.3) is 0 Å². The van der Waals surface area contributed by atoms with Crippen molar-refractivity contribution in [2.24, 2.45) is 11.3 Å². The van der Waals surface area contributed by atoms with Crippen LogP contribution in [0.25, 0.3) is 0 Å². The van der Waals surface area contributed by atoms with Gasteiger partial charge in [-0.05, 0) is 30.6 Å². The molecule has 1 saturated heterocycles. The molecule has 0 bridgehead atoms. The molecule has 3 heteroatoms. The molecule has 0 aromatic rings. The zero-order valence-electron chi connectivity index (χ0n) is 12.3. The first-order valence-electron chi connectivity index (χ1n) is 7.49. The molecule has 1 N–H and O–H groups in total. The molecule has 2 rings (SSSR count). The zero-order chi connectivity index (χ0) is 13.3. The molecule has 0 aromatic carbocycles. The Labute approximate surface area is 111 Å². The predicted octanol–water partition coefficient (Wildman–Crippen LogP) is 2.76. The summed E-state index contributed by atoms with van der Waals surface area (Å²) in [4.78, 5) is 14.6. The van der Waals surface area contributed by atoms with Crippen molar-refractivity contribution in [3.8, 4) is 0 Å². The molecule has 104 valence electrons. The van der Waals surface area contributed by atoms with Gasteiger partial charge in [0.2, 0.25) is 5.91 Å². The third kappa shape index (κ3) is 2.87. The van der Waals surface area contributed by atoms with Crippen LogP contribution in [0.5, 0.6) is 0 Å². The van der Waals surface area contributed by atoms with Crippen molar-refractivity contribution in [2.75, 3.05) is 6.54 Å². The third-order valence-corrected chi connectivity index (χ3v) is 4.19. The van der Waals surface area contributed by atoms with Crippen LogP contribution in [0.2, 0.25) is 0 Å². The van der Waals surface area contributed by atoms with E-state index in [-0.39, 0.29) is 11.5 Å². The van der Waals surface area contributed by atoms with Crippen molar-refractivity contribution in [1.29, 1.82) is 0 Å². The molecule has 2 unspecified atom stereocenters. The van der Waals surface area contributed by atoms with E-state index in [2.05, 4.69) is 37.9 Å². The number of hydrogen-bond donors (Lipinski definition) is 1. The fraction of sp³-hybridized carbons (Fsp3) is 0.933. The minimum absolute atomic E-state index is 0.0537. The second kappa shape index (κ2) is 5.20. The van der Waals surface area contributed by atoms with Crippen LogP contribution >= 0.6 is 0 Å². The number of carbonyl (C=O) groups is 1. The maximum atomic E-state index is 12.4. The lowest BCUT2D eigenvalue weighted by atomic mass is 9.94. The highest BCUT2D eigenvalue weighted by Crippen LogP contribution is 2.33. The van der Waals surface area contributed by atoms with Gasteiger partial charge < -0.3 is 4.90 Å². The maximum Gasteiger partial charge on any atom is 0.241 e. The molecule has 1 heterocycles. The smallest absolute Gasteiger partial charge is 0.241 e. The number of amides is 1. The summed E-state index contributed by atoms with van der Waals surface area (Å²) in [6.07, 6.45) is 6.42. The van der Waals surface area contributed by atoms with E-state index in [4.69, 9.17) is 0 Å². The summed E-state index contributed by atoms with van der Waals surface area (Å²) < 4.78 is 0. The number of rotatable bonds is 3. The van der Waals surface area contributed by atoms with Crippen LogP contribution in [0.3, 0.4) is 0 Å². The molecule has 1 amide bonds. The van der Waals surface area contributed by atoms with Crippen LogP contribution in [0.1, 0.15) is 59.8 Å². The average Bonchev–Trinajstić information content (AvgIpc) is 2.87. The predicted molar refractivity (Wildman–Crippen MR) is 74.1 cm³/mol. The lowest BCUT2D eigenvalue weighted by molar-refractivity contribution is -0.132. The van der Waals surface area contributed by atoms with Crippen molar-refractivity contribution in [1.82, 2.24) is 10.2 Å². The minimum Gasteiger partial charge on any atom is -0.325 e. The monoisotopic (exact) mass is 252 g/mol. The standard InChI is InChI=1S/C15H28N2O/c1-5-12-14(18)17(10-15(2,3)4)13(16-12)11-8-6-7-9-11/h11-13,16H,5-10H2,1-4H3. The topological polar surface area (TPSA) is 32.3 Å². The Balaban J connectivity index is 2.12. The molecular formula is C15H28N2O. The van der Waals surface area contributed by atoms with Crippen molar-refractivity contribution in [3.63, 3.8) is 0 Å². The number of carbonyl (C=O) groups excluding carboxylic acids is 1. The molecule has 1 aliphatic carbocycles. The Kier molecular flexibility index (Phi) is 4.00. The van der Waals surface area contributed by atoms with Crippen molar-refractivity contribution >= 4 is 5.91 Å². The van der Waals surface area contributed by atoms with Gasteiger partial charge in [0.05, 0.1) is 12.2 Å². The van der Waals surface area contributed by atoms with E-state index < -0.39 is 0 Å². The van der Waals surface area contributed by atoms with E-state index >= 15 is 0 Å². The lowest BCUT2D eigenvalue weighted by Crippen LogP contribution is -2.45. The van der Waals surface area contributed by atoms with E-state index in [0.29, 0.717) is 18.0 Å². The first-order valence-corrected chi connectivity index (χ1v) is 7.49. The number of hydrogen-bond acceptors (Lipinski definition) is 2. The summed E-state index contributed by atoms with van der Waals surface area (Å²) in [5, 5.41) is 3.58. The summed E-state index contributed by atoms with van der Waals surface area (Å²) in [5.74, 6) is 0.997. The fourth-order valence-electron chi connectivity index (χ4n) is 3.35. The minimum atomic E-state index is 0.0537. The van der Waals surface area contributed by atoms with Gasteiger partial charge in [-0.15, -0.1) is 0 Å². The van der Waals surface area contributed by atoms with E-state index in [9.17, 15) is 4.79 Å². The first kappa shape index (κ1) is 13.9. The van der Waals surface area contributed by atoms with E-state index in [1.54, 1.807) is 0 Å². The summed E-state index contributed by atoms with van der Waals surface area (Å²) in [5.41, 5.74) is 0.177. The van der Waals surface area contributed by atoms with Crippen LogP contribution in [0.15, 0.2) is 0 Å². The third-order valence-electron chi connectivity index (χ3n) is 4.19. The fourth-order valence-corrected chi connectivity index (χ4v) is 3.35. The lowest BCUT2D eigenvalue weighted by Gasteiger charge is -2.34. The second-order valence-corrected chi connectivity index (χ2v) is 7.14. The average molecular weight is 252 g/mol. The van der Waals surface area contributed by atoms with Crippen molar-refractivity contribution in [2.45, 2.75) is 72.0 Å². The Morgan fingerprint density at radius 2 is 1.89 bits per heavy atom. The van der Waals surface area contributed by atoms with Gasteiger partial charge in [-0.1, -0.05) is 40.5 Å². The molecule has 2 atom stereocenters. The van der Waals surface area contributed by atoms with Gasteiger partial charge in [0, 0.05) is 6.54 Å². The Hall–Kier alpha value is -0.570. The van der Waals surface area contributed by atoms with E-state index in [1.807, 2.05) is 0 Å². The Morgan fingerprint density at radius 1 is 1.28 bits per heavy atom. The highest BCUT2D eigenvalue weighted by atomic mass is 16.2. The van der Waals surface area contributed by atoms with Crippen LogP contribution in [-0.4, -0.2) is 29.6 Å². The molecule has 1 saturated carbocycles. The highest BCUT2D eigenvalue weighted by Gasteiger charge is 2.43. The van der Waals surface area contributed by atoms with Gasteiger partial charge in [-0.2, -0.15) is 0 Å². The number of nitrogens with zero attached hydrogens (tertiary/aromatic N) is 1. The van der Waals surface area contributed by atoms with Gasteiger partial charge in [-0.25, -0.2) is 0 Å². The van der Waals surface area contributed by atoms with E-state index in [0.717, 1.165) is 13.0 Å². The van der Waals surface area contributed by atoms with Gasteiger partial charge in [0.15, 0.2) is 0 Å². The molecule has 0 spiro atoms. The number of nitrogens with one attached hydrogen (secondary N) is 1. The van der Waals surface area contributed by atoms with Crippen LogP contribution in [-0.2, 0) is 4.79 Å². The van der Waals surface area contributed by atoms with E-state index in [1.165, 1.54) is 25.7 Å². The molecule has 2 fully saturated rings. The normalized spacial score (nSPS) is 30.4. The van der Waals surface area contributed by atoms with Crippen LogP contribution < -0.4 is 5.32 Å². The summed E-state index contributed by atoms with van der Waals surface area (Å²) in [7, 11) is 0. The molecule has 1 aliphatic heterocycles. The van der Waals surface area contributed by atoms with Crippen molar-refractivity contribution < 1.29 is 4.79 Å². The molecule has 0 radical (unpaired) electrons. The summed E-state index contributed by atoms with van der Waals surface area (Å²) >= 11 is 0. The Morgan fingerprint density at radius 3 is 2.39 bits per heavy atom. The van der Waals surface area contributed by atoms with Crippen LogP contribution in [0.4, 0.5) is 0 Å². The van der Waals surface area contributed by atoms with Crippen molar-refractivity contribution in [3.05, 3.63) is 0 Å². The Bertz CT molecular complexity index is 302. The SMILES string of the molecule is CCC1NC(C2CCCC2)N(CC(C)(C)C)C1=O. The highest BCUT2D eigenvalue weighted by molar-refractivity contribution is 5.84. The van der Waals surface area contributed by atoms with Gasteiger partial charge in [-0.3, -0.25) is 10.1 Å². The zero-order valence-corrected chi connectivity index (χ0v) is 12.3.